The molecule has 0 N–H and O–H groups in total. The van der Waals surface area contributed by atoms with Crippen molar-refractivity contribution < 1.29 is 4.79 Å². The van der Waals surface area contributed by atoms with E-state index < -0.39 is 0 Å². The number of nitrogens with zero attached hydrogens (tertiary/aromatic N) is 1. The van der Waals surface area contributed by atoms with Crippen molar-refractivity contribution in [3.63, 3.8) is 0 Å². The summed E-state index contributed by atoms with van der Waals surface area (Å²) in [4.78, 5) is 13.2. The molecule has 0 aliphatic heterocycles. The van der Waals surface area contributed by atoms with E-state index in [0.29, 0.717) is 0 Å². The first-order valence-electron chi connectivity index (χ1n) is 4.31. The number of rotatable bonds is 2. The third-order valence-electron chi connectivity index (χ3n) is 1.85. The van der Waals surface area contributed by atoms with Crippen molar-refractivity contribution >= 4 is 34.2 Å². The highest BCUT2D eigenvalue weighted by atomic mass is 127. The average Bonchev–Trinajstić information content (AvgIpc) is 2.18. The van der Waals surface area contributed by atoms with Gasteiger partial charge in [-0.3, -0.25) is 4.79 Å². The van der Waals surface area contributed by atoms with Gasteiger partial charge in [0.2, 0.25) is 5.91 Å². The Bertz CT molecular complexity index is 360. The zero-order valence-corrected chi connectivity index (χ0v) is 10.4. The Labute approximate surface area is 97.7 Å². The Morgan fingerprint density at radius 1 is 1.43 bits per heavy atom. The summed E-state index contributed by atoms with van der Waals surface area (Å²) >= 11 is 2.22. The monoisotopic (exact) mass is 301 g/mol. The molecule has 0 heterocycles. The number of para-hydroxylation sites is 1. The number of allylic oxidation sites excluding steroid dienone is 1. The molecule has 0 radical (unpaired) electrons. The molecule has 1 aromatic carbocycles. The molecule has 0 bridgehead atoms. The van der Waals surface area contributed by atoms with Crippen LogP contribution in [0.1, 0.15) is 6.92 Å². The first-order chi connectivity index (χ1) is 6.66. The van der Waals surface area contributed by atoms with Crippen LogP contribution in [0.4, 0.5) is 5.69 Å². The number of likely N-dealkylation sites (N-methyl/N-ethyl adjacent to an activating group) is 1. The number of halogens is 1. The molecule has 0 aromatic heterocycles. The Hall–Kier alpha value is -0.840. The zero-order valence-electron chi connectivity index (χ0n) is 8.20. The normalized spacial score (nSPS) is 10.5. The van der Waals surface area contributed by atoms with E-state index in [2.05, 4.69) is 22.6 Å². The van der Waals surface area contributed by atoms with Gasteiger partial charge in [0.15, 0.2) is 0 Å². The van der Waals surface area contributed by atoms with Gasteiger partial charge in [-0.2, -0.15) is 0 Å². The topological polar surface area (TPSA) is 20.3 Å². The predicted molar refractivity (Wildman–Crippen MR) is 67.4 cm³/mol. The second kappa shape index (κ2) is 5.14. The summed E-state index contributed by atoms with van der Waals surface area (Å²) in [6, 6.07) is 7.80. The van der Waals surface area contributed by atoms with Crippen LogP contribution >= 0.6 is 22.6 Å². The van der Waals surface area contributed by atoms with Crippen LogP contribution in [0.2, 0.25) is 0 Å². The SMILES string of the molecule is CC=CC(=O)N(C)c1ccccc1I. The second-order valence-electron chi connectivity index (χ2n) is 2.85. The van der Waals surface area contributed by atoms with Crippen LogP contribution < -0.4 is 4.90 Å². The molecular formula is C11H12INO. The van der Waals surface area contributed by atoms with E-state index in [1.807, 2.05) is 31.2 Å². The molecule has 74 valence electrons. The quantitative estimate of drug-likeness (QED) is 0.607. The van der Waals surface area contributed by atoms with Crippen molar-refractivity contribution in [1.29, 1.82) is 0 Å². The number of amides is 1. The van der Waals surface area contributed by atoms with Crippen molar-refractivity contribution in [1.82, 2.24) is 0 Å². The van der Waals surface area contributed by atoms with Gasteiger partial charge < -0.3 is 4.90 Å². The lowest BCUT2D eigenvalue weighted by Gasteiger charge is -2.16. The minimum Gasteiger partial charge on any atom is -0.311 e. The number of carbonyl (C=O) groups is 1. The molecule has 1 aromatic rings. The fourth-order valence-corrected chi connectivity index (χ4v) is 1.85. The first kappa shape index (κ1) is 11.2. The summed E-state index contributed by atoms with van der Waals surface area (Å²) in [6.45, 7) is 1.84. The predicted octanol–water partition coefficient (Wildman–Crippen LogP) is 2.83. The standard InChI is InChI=1S/C11H12INO/c1-3-6-11(14)13(2)10-8-5-4-7-9(10)12/h3-8H,1-2H3. The lowest BCUT2D eigenvalue weighted by molar-refractivity contribution is -0.113. The Kier molecular flexibility index (Phi) is 4.13. The molecule has 0 aliphatic rings. The molecule has 1 rings (SSSR count). The van der Waals surface area contributed by atoms with Gasteiger partial charge in [0.05, 0.1) is 5.69 Å². The minimum absolute atomic E-state index is 0.00313. The van der Waals surface area contributed by atoms with Crippen LogP contribution in [0.15, 0.2) is 36.4 Å². The van der Waals surface area contributed by atoms with Gasteiger partial charge in [-0.1, -0.05) is 18.2 Å². The van der Waals surface area contributed by atoms with Crippen molar-refractivity contribution in [2.24, 2.45) is 0 Å². The molecule has 2 nitrogen and oxygen atoms in total. The first-order valence-corrected chi connectivity index (χ1v) is 5.39. The molecule has 0 atom stereocenters. The Balaban J connectivity index is 2.95. The fourth-order valence-electron chi connectivity index (χ4n) is 1.10. The van der Waals surface area contributed by atoms with E-state index in [9.17, 15) is 4.79 Å². The van der Waals surface area contributed by atoms with Crippen LogP contribution in [0.3, 0.4) is 0 Å². The van der Waals surface area contributed by atoms with Crippen LogP contribution in [-0.4, -0.2) is 13.0 Å². The molecule has 0 saturated carbocycles. The number of hydrogen-bond donors (Lipinski definition) is 0. The van der Waals surface area contributed by atoms with Crippen LogP contribution in [0.25, 0.3) is 0 Å². The number of benzene rings is 1. The smallest absolute Gasteiger partial charge is 0.250 e. The third kappa shape index (κ3) is 2.57. The maximum atomic E-state index is 11.5. The maximum absolute atomic E-state index is 11.5. The highest BCUT2D eigenvalue weighted by Crippen LogP contribution is 2.20. The molecule has 0 aliphatic carbocycles. The number of anilines is 1. The largest absolute Gasteiger partial charge is 0.311 e. The lowest BCUT2D eigenvalue weighted by Crippen LogP contribution is -2.24. The van der Waals surface area contributed by atoms with E-state index in [4.69, 9.17) is 0 Å². The highest BCUT2D eigenvalue weighted by molar-refractivity contribution is 14.1. The molecule has 0 saturated heterocycles. The van der Waals surface area contributed by atoms with Crippen molar-refractivity contribution in [3.05, 3.63) is 40.0 Å². The molecule has 0 unspecified atom stereocenters. The summed E-state index contributed by atoms with van der Waals surface area (Å²) in [5, 5.41) is 0. The van der Waals surface area contributed by atoms with E-state index in [1.54, 1.807) is 24.1 Å². The summed E-state index contributed by atoms with van der Waals surface area (Å²) in [5.74, 6) is -0.00313. The maximum Gasteiger partial charge on any atom is 0.250 e. The number of carbonyl (C=O) groups excluding carboxylic acids is 1. The van der Waals surface area contributed by atoms with Crippen LogP contribution in [-0.2, 0) is 4.79 Å². The van der Waals surface area contributed by atoms with E-state index in [0.717, 1.165) is 9.26 Å². The Morgan fingerprint density at radius 3 is 2.64 bits per heavy atom. The molecule has 14 heavy (non-hydrogen) atoms. The van der Waals surface area contributed by atoms with Crippen molar-refractivity contribution in [2.75, 3.05) is 11.9 Å². The van der Waals surface area contributed by atoms with Gasteiger partial charge in [-0.15, -0.1) is 0 Å². The van der Waals surface area contributed by atoms with Crippen LogP contribution in [0, 0.1) is 3.57 Å². The summed E-state index contributed by atoms with van der Waals surface area (Å²) in [7, 11) is 1.78. The van der Waals surface area contributed by atoms with Gasteiger partial charge in [0, 0.05) is 10.6 Å². The molecule has 1 amide bonds. The fraction of sp³-hybridized carbons (Fsp3) is 0.182. The van der Waals surface area contributed by atoms with Crippen LogP contribution in [0.5, 0.6) is 0 Å². The minimum atomic E-state index is -0.00313. The molecule has 0 spiro atoms. The van der Waals surface area contributed by atoms with Gasteiger partial charge in [-0.05, 0) is 47.7 Å². The average molecular weight is 301 g/mol. The van der Waals surface area contributed by atoms with Crippen molar-refractivity contribution in [3.8, 4) is 0 Å². The lowest BCUT2D eigenvalue weighted by atomic mass is 10.3. The van der Waals surface area contributed by atoms with Gasteiger partial charge in [0.25, 0.3) is 0 Å². The van der Waals surface area contributed by atoms with E-state index >= 15 is 0 Å². The summed E-state index contributed by atoms with van der Waals surface area (Å²) in [5.41, 5.74) is 0.941. The molecule has 3 heteroatoms. The van der Waals surface area contributed by atoms with Gasteiger partial charge in [0.1, 0.15) is 0 Å². The Morgan fingerprint density at radius 2 is 2.07 bits per heavy atom. The molecular weight excluding hydrogens is 289 g/mol. The van der Waals surface area contributed by atoms with Gasteiger partial charge >= 0.3 is 0 Å². The number of hydrogen-bond acceptors (Lipinski definition) is 1. The molecule has 0 fully saturated rings. The third-order valence-corrected chi connectivity index (χ3v) is 2.77. The van der Waals surface area contributed by atoms with E-state index in [-0.39, 0.29) is 5.91 Å². The van der Waals surface area contributed by atoms with Crippen molar-refractivity contribution in [2.45, 2.75) is 6.92 Å². The highest BCUT2D eigenvalue weighted by Gasteiger charge is 2.09. The second-order valence-corrected chi connectivity index (χ2v) is 4.01. The van der Waals surface area contributed by atoms with Gasteiger partial charge in [-0.25, -0.2) is 0 Å². The summed E-state index contributed by atoms with van der Waals surface area (Å²) in [6.07, 6.45) is 3.30. The van der Waals surface area contributed by atoms with E-state index in [1.165, 1.54) is 0 Å². The zero-order chi connectivity index (χ0) is 10.6. The summed E-state index contributed by atoms with van der Waals surface area (Å²) < 4.78 is 1.07.